The summed E-state index contributed by atoms with van der Waals surface area (Å²) in [5, 5.41) is 6.12. The minimum Gasteiger partial charge on any atom is -0.454 e. The Hall–Kier alpha value is -3.71. The maximum absolute atomic E-state index is 12.9. The first kappa shape index (κ1) is 23.7. The van der Waals surface area contributed by atoms with Crippen molar-refractivity contribution in [2.75, 3.05) is 44.0 Å². The summed E-state index contributed by atoms with van der Waals surface area (Å²) in [6.45, 7) is 4.11. The number of ether oxygens (including phenoxy) is 2. The molecule has 37 heavy (non-hydrogen) atoms. The number of nitrogens with two attached hydrogens (primary N) is 1. The van der Waals surface area contributed by atoms with Crippen LogP contribution < -0.4 is 25.8 Å². The third-order valence-electron chi connectivity index (χ3n) is 7.96. The highest BCUT2D eigenvalue weighted by Gasteiger charge is 2.38. The van der Waals surface area contributed by atoms with Gasteiger partial charge in [-0.25, -0.2) is 4.79 Å². The van der Waals surface area contributed by atoms with E-state index in [1.165, 1.54) is 24.9 Å². The van der Waals surface area contributed by atoms with Gasteiger partial charge in [-0.3, -0.25) is 0 Å². The first-order chi connectivity index (χ1) is 18.1. The Bertz CT molecular complexity index is 1260. The van der Waals surface area contributed by atoms with Crippen molar-refractivity contribution in [1.82, 2.24) is 10.2 Å². The number of rotatable bonds is 7. The molecule has 2 amide bonds. The van der Waals surface area contributed by atoms with E-state index in [4.69, 9.17) is 15.2 Å². The summed E-state index contributed by atoms with van der Waals surface area (Å²) in [7, 11) is 0. The number of nitrogens with zero attached hydrogens (tertiary/aromatic N) is 1. The zero-order valence-electron chi connectivity index (χ0n) is 21.0. The number of hydrogen-bond donors (Lipinski definition) is 3. The normalized spacial score (nSPS) is 18.4. The summed E-state index contributed by atoms with van der Waals surface area (Å²) in [6, 6.07) is 22.0. The lowest BCUT2D eigenvalue weighted by atomic mass is 9.72. The molecule has 0 atom stereocenters. The van der Waals surface area contributed by atoms with Crippen molar-refractivity contribution in [3.8, 4) is 22.6 Å². The van der Waals surface area contributed by atoms with Crippen LogP contribution in [0.4, 0.5) is 16.2 Å². The number of likely N-dealkylation sites (tertiary alicyclic amines) is 1. The number of amides is 2. The van der Waals surface area contributed by atoms with Gasteiger partial charge < -0.3 is 30.7 Å². The number of nitrogens with one attached hydrogen (secondary N) is 2. The van der Waals surface area contributed by atoms with Gasteiger partial charge in [-0.2, -0.15) is 0 Å². The van der Waals surface area contributed by atoms with Gasteiger partial charge in [0.05, 0.1) is 0 Å². The Kier molecular flexibility index (Phi) is 6.38. The molecule has 1 aliphatic carbocycles. The van der Waals surface area contributed by atoms with Gasteiger partial charge in [0.15, 0.2) is 11.5 Å². The third-order valence-corrected chi connectivity index (χ3v) is 7.96. The van der Waals surface area contributed by atoms with Gasteiger partial charge in [-0.05, 0) is 85.6 Å². The van der Waals surface area contributed by atoms with Gasteiger partial charge in [-0.15, -0.1) is 0 Å². The fourth-order valence-electron chi connectivity index (χ4n) is 5.53. The van der Waals surface area contributed by atoms with E-state index in [0.29, 0.717) is 23.7 Å². The monoisotopic (exact) mass is 498 g/mol. The Labute approximate surface area is 217 Å². The average molecular weight is 499 g/mol. The van der Waals surface area contributed by atoms with E-state index in [1.54, 1.807) is 6.07 Å². The first-order valence-corrected chi connectivity index (χ1v) is 13.2. The van der Waals surface area contributed by atoms with E-state index in [0.717, 1.165) is 48.7 Å². The molecular weight excluding hydrogens is 464 g/mol. The third kappa shape index (κ3) is 5.37. The quantitative estimate of drug-likeness (QED) is 0.388. The SMILES string of the molecule is Nc1cccc(-c2ccc(C3(CNC(=O)Nc4ccc5c(c4)OCO5)CCN(CC4CC4)CC3)cc2)c1. The minimum absolute atomic E-state index is 0.111. The number of nitrogen functional groups attached to an aromatic ring is 1. The molecule has 2 heterocycles. The second kappa shape index (κ2) is 9.98. The van der Waals surface area contributed by atoms with Crippen LogP contribution in [0.1, 0.15) is 31.2 Å². The molecule has 7 heteroatoms. The van der Waals surface area contributed by atoms with Gasteiger partial charge in [0.25, 0.3) is 0 Å². The fraction of sp³-hybridized carbons (Fsp3) is 0.367. The number of carbonyl (C=O) groups is 1. The minimum atomic E-state index is -0.213. The van der Waals surface area contributed by atoms with Gasteiger partial charge in [0.1, 0.15) is 0 Å². The summed E-state index contributed by atoms with van der Waals surface area (Å²) in [5.41, 5.74) is 10.9. The van der Waals surface area contributed by atoms with Crippen molar-refractivity contribution in [2.45, 2.75) is 31.1 Å². The van der Waals surface area contributed by atoms with Crippen molar-refractivity contribution in [3.05, 3.63) is 72.3 Å². The summed E-state index contributed by atoms with van der Waals surface area (Å²) < 4.78 is 10.8. The number of piperidine rings is 1. The average Bonchev–Trinajstić information content (AvgIpc) is 3.61. The molecular formula is C30H34N4O3. The molecule has 2 aliphatic heterocycles. The molecule has 0 aromatic heterocycles. The van der Waals surface area contributed by atoms with Gasteiger partial charge in [0, 0.05) is 35.9 Å². The molecule has 3 aromatic rings. The number of hydrogen-bond acceptors (Lipinski definition) is 5. The number of benzene rings is 3. The number of anilines is 2. The van der Waals surface area contributed by atoms with Crippen LogP contribution in [0, 0.1) is 5.92 Å². The lowest BCUT2D eigenvalue weighted by Crippen LogP contribution is -2.50. The van der Waals surface area contributed by atoms with Crippen molar-refractivity contribution >= 4 is 17.4 Å². The zero-order valence-corrected chi connectivity index (χ0v) is 21.0. The number of urea groups is 1. The van der Waals surface area contributed by atoms with Crippen molar-refractivity contribution in [3.63, 3.8) is 0 Å². The number of fused-ring (bicyclic) bond motifs is 1. The molecule has 0 radical (unpaired) electrons. The van der Waals surface area contributed by atoms with E-state index in [-0.39, 0.29) is 18.2 Å². The lowest BCUT2D eigenvalue weighted by Gasteiger charge is -2.42. The highest BCUT2D eigenvalue weighted by Crippen LogP contribution is 2.38. The molecule has 1 saturated heterocycles. The zero-order chi connectivity index (χ0) is 25.2. The molecule has 3 aliphatic rings. The topological polar surface area (TPSA) is 88.8 Å². The van der Waals surface area contributed by atoms with Crippen LogP contribution in [0.3, 0.4) is 0 Å². The maximum atomic E-state index is 12.9. The Morgan fingerprint density at radius 1 is 0.946 bits per heavy atom. The van der Waals surface area contributed by atoms with Gasteiger partial charge in [-0.1, -0.05) is 36.4 Å². The van der Waals surface area contributed by atoms with E-state index in [2.05, 4.69) is 45.9 Å². The molecule has 1 saturated carbocycles. The molecule has 4 N–H and O–H groups in total. The Morgan fingerprint density at radius 2 is 1.73 bits per heavy atom. The van der Waals surface area contributed by atoms with Crippen LogP contribution in [0.2, 0.25) is 0 Å². The van der Waals surface area contributed by atoms with Gasteiger partial charge in [0.2, 0.25) is 6.79 Å². The molecule has 6 rings (SSSR count). The Morgan fingerprint density at radius 3 is 2.49 bits per heavy atom. The summed E-state index contributed by atoms with van der Waals surface area (Å²) in [5.74, 6) is 2.23. The molecule has 7 nitrogen and oxygen atoms in total. The van der Waals surface area contributed by atoms with Crippen molar-refractivity contribution in [2.24, 2.45) is 5.92 Å². The van der Waals surface area contributed by atoms with Gasteiger partial charge >= 0.3 is 6.03 Å². The maximum Gasteiger partial charge on any atom is 0.319 e. The highest BCUT2D eigenvalue weighted by atomic mass is 16.7. The van der Waals surface area contributed by atoms with Crippen LogP contribution in [-0.2, 0) is 5.41 Å². The molecule has 3 aromatic carbocycles. The predicted octanol–water partition coefficient (Wildman–Crippen LogP) is 5.23. The molecule has 0 spiro atoms. The number of carbonyl (C=O) groups excluding carboxylic acids is 1. The van der Waals surface area contributed by atoms with E-state index >= 15 is 0 Å². The fourth-order valence-corrected chi connectivity index (χ4v) is 5.53. The van der Waals surface area contributed by atoms with Crippen LogP contribution in [0.15, 0.2) is 66.7 Å². The van der Waals surface area contributed by atoms with Crippen LogP contribution in [-0.4, -0.2) is 43.9 Å². The van der Waals surface area contributed by atoms with Crippen LogP contribution in [0.5, 0.6) is 11.5 Å². The second-order valence-electron chi connectivity index (χ2n) is 10.6. The summed E-state index contributed by atoms with van der Waals surface area (Å²) >= 11 is 0. The molecule has 192 valence electrons. The van der Waals surface area contributed by atoms with Crippen LogP contribution in [0.25, 0.3) is 11.1 Å². The van der Waals surface area contributed by atoms with Crippen molar-refractivity contribution < 1.29 is 14.3 Å². The highest BCUT2D eigenvalue weighted by molar-refractivity contribution is 5.89. The van der Waals surface area contributed by atoms with E-state index in [1.807, 2.05) is 30.3 Å². The Balaban J connectivity index is 1.17. The second-order valence-corrected chi connectivity index (χ2v) is 10.6. The molecule has 0 unspecified atom stereocenters. The first-order valence-electron chi connectivity index (χ1n) is 13.2. The van der Waals surface area contributed by atoms with E-state index < -0.39 is 0 Å². The van der Waals surface area contributed by atoms with Crippen LogP contribution >= 0.6 is 0 Å². The standard InChI is InChI=1S/C30H34N4O3/c31-25-3-1-2-23(16-25)22-6-8-24(9-7-22)30(12-14-34(15-13-30)18-21-4-5-21)19-32-29(35)33-26-10-11-27-28(17-26)37-20-36-27/h1-3,6-11,16-17,21H,4-5,12-15,18-20,31H2,(H2,32,33,35). The molecule has 0 bridgehead atoms. The largest absolute Gasteiger partial charge is 0.454 e. The van der Waals surface area contributed by atoms with E-state index in [9.17, 15) is 4.79 Å². The predicted molar refractivity (Wildman–Crippen MR) is 146 cm³/mol. The summed E-state index contributed by atoms with van der Waals surface area (Å²) in [4.78, 5) is 15.5. The lowest BCUT2D eigenvalue weighted by molar-refractivity contribution is 0.152. The molecule has 2 fully saturated rings. The summed E-state index contributed by atoms with van der Waals surface area (Å²) in [6.07, 6.45) is 4.77. The smallest absolute Gasteiger partial charge is 0.319 e. The van der Waals surface area contributed by atoms with Crippen molar-refractivity contribution in [1.29, 1.82) is 0 Å².